The second-order valence-corrected chi connectivity index (χ2v) is 15.4. The molecule has 0 N–H and O–H groups in total. The molecule has 1 fully saturated rings. The van der Waals surface area contributed by atoms with Gasteiger partial charge >= 0.3 is 6.09 Å². The third-order valence-corrected chi connectivity index (χ3v) is 10.3. The number of carbonyl (C=O) groups is 1. The number of likely N-dealkylation sites (tertiary alicyclic amines) is 1. The molecule has 9 heteroatoms. The first-order chi connectivity index (χ1) is 14.1. The van der Waals surface area contributed by atoms with Gasteiger partial charge in [-0.2, -0.15) is 5.06 Å². The lowest BCUT2D eigenvalue weighted by atomic mass is 10.1. The van der Waals surface area contributed by atoms with Gasteiger partial charge in [0.2, 0.25) is 8.32 Å². The highest BCUT2D eigenvalue weighted by Crippen LogP contribution is 2.41. The van der Waals surface area contributed by atoms with Gasteiger partial charge in [0.25, 0.3) is 5.69 Å². The van der Waals surface area contributed by atoms with E-state index < -0.39 is 24.9 Å². The Kier molecular flexibility index (Phi) is 7.30. The number of nitro groups is 1. The van der Waals surface area contributed by atoms with E-state index in [1.165, 1.54) is 11.1 Å². The van der Waals surface area contributed by atoms with Crippen molar-refractivity contribution in [3.63, 3.8) is 0 Å². The number of nitro benzene ring substituents is 1. The van der Waals surface area contributed by atoms with E-state index in [2.05, 4.69) is 33.9 Å². The van der Waals surface area contributed by atoms with Crippen molar-refractivity contribution in [2.75, 3.05) is 18.2 Å². The minimum atomic E-state index is -2.16. The summed E-state index contributed by atoms with van der Waals surface area (Å²) in [5, 5.41) is 13.1. The van der Waals surface area contributed by atoms with Crippen molar-refractivity contribution >= 4 is 25.8 Å². The number of carbonyl (C=O) groups excluding carboxylic acids is 1. The second kappa shape index (κ2) is 9.06. The van der Waals surface area contributed by atoms with Crippen LogP contribution in [-0.4, -0.2) is 42.9 Å². The predicted octanol–water partition coefficient (Wildman–Crippen LogP) is 6.12. The molecular formula is C22H37N3O5Si. The molecule has 31 heavy (non-hydrogen) atoms. The van der Waals surface area contributed by atoms with E-state index in [4.69, 9.17) is 9.26 Å². The molecule has 0 spiro atoms. The van der Waals surface area contributed by atoms with Gasteiger partial charge in [-0.05, 0) is 64.2 Å². The minimum Gasteiger partial charge on any atom is -0.543 e. The largest absolute Gasteiger partial charge is 0.543 e. The molecule has 0 unspecified atom stereocenters. The van der Waals surface area contributed by atoms with Gasteiger partial charge in [-0.15, -0.1) is 0 Å². The van der Waals surface area contributed by atoms with Crippen molar-refractivity contribution < 1.29 is 19.0 Å². The van der Waals surface area contributed by atoms with Crippen LogP contribution in [-0.2, 0) is 4.84 Å². The molecule has 0 aromatic heterocycles. The highest BCUT2D eigenvalue weighted by atomic mass is 28.4. The Morgan fingerprint density at radius 2 is 1.68 bits per heavy atom. The zero-order chi connectivity index (χ0) is 23.6. The van der Waals surface area contributed by atoms with Gasteiger partial charge in [0.1, 0.15) is 5.75 Å². The molecule has 2 rings (SSSR count). The van der Waals surface area contributed by atoms with Gasteiger partial charge in [0, 0.05) is 25.2 Å². The van der Waals surface area contributed by atoms with Gasteiger partial charge < -0.3 is 14.2 Å². The van der Waals surface area contributed by atoms with Crippen LogP contribution in [0.3, 0.4) is 0 Å². The Morgan fingerprint density at radius 3 is 2.16 bits per heavy atom. The quantitative estimate of drug-likeness (QED) is 0.304. The average molecular weight is 452 g/mol. The lowest BCUT2D eigenvalue weighted by Crippen LogP contribution is -2.47. The van der Waals surface area contributed by atoms with Crippen LogP contribution in [0.25, 0.3) is 0 Å². The lowest BCUT2D eigenvalue weighted by Gasteiger charge is -2.38. The van der Waals surface area contributed by atoms with Crippen LogP contribution in [0.15, 0.2) is 18.2 Å². The Labute approximate surface area is 186 Å². The molecule has 1 aliphatic rings. The Hall–Kier alpha value is -2.29. The van der Waals surface area contributed by atoms with Crippen molar-refractivity contribution in [1.29, 1.82) is 0 Å². The van der Waals surface area contributed by atoms with E-state index in [-0.39, 0.29) is 16.4 Å². The summed E-state index contributed by atoms with van der Waals surface area (Å²) in [5.41, 5.74) is -0.630. The van der Waals surface area contributed by atoms with Gasteiger partial charge in [-0.3, -0.25) is 10.1 Å². The predicted molar refractivity (Wildman–Crippen MR) is 125 cm³/mol. The summed E-state index contributed by atoms with van der Waals surface area (Å²) in [6.45, 7) is 17.4. The normalized spacial score (nSPS) is 15.4. The Balaban J connectivity index is 2.45. The number of piperidine rings is 1. The molecule has 1 amide bonds. The molecule has 0 saturated carbocycles. The number of hydrogen-bond donors (Lipinski definition) is 0. The molecule has 0 radical (unpaired) electrons. The summed E-state index contributed by atoms with van der Waals surface area (Å²) in [4.78, 5) is 31.6. The highest BCUT2D eigenvalue weighted by molar-refractivity contribution is 6.74. The first kappa shape index (κ1) is 25.0. The van der Waals surface area contributed by atoms with Gasteiger partial charge in [-0.1, -0.05) is 20.8 Å². The van der Waals surface area contributed by atoms with E-state index in [0.717, 1.165) is 19.3 Å². The van der Waals surface area contributed by atoms with Crippen LogP contribution in [0.1, 0.15) is 60.8 Å². The van der Waals surface area contributed by atoms with Crippen LogP contribution in [0.5, 0.6) is 5.75 Å². The maximum absolute atomic E-state index is 12.8. The molecule has 8 nitrogen and oxygen atoms in total. The van der Waals surface area contributed by atoms with Crippen LogP contribution in [0.2, 0.25) is 18.1 Å². The number of benzene rings is 1. The average Bonchev–Trinajstić information content (AvgIpc) is 2.64. The Morgan fingerprint density at radius 1 is 1.10 bits per heavy atom. The number of anilines is 1. The third-order valence-electron chi connectivity index (χ3n) is 5.93. The summed E-state index contributed by atoms with van der Waals surface area (Å²) in [6, 6.07) is 4.66. The molecule has 174 valence electrons. The van der Waals surface area contributed by atoms with Crippen LogP contribution >= 0.6 is 0 Å². The van der Waals surface area contributed by atoms with Crippen LogP contribution in [0.4, 0.5) is 16.2 Å². The second-order valence-electron chi connectivity index (χ2n) is 10.6. The first-order valence-electron chi connectivity index (χ1n) is 10.9. The summed E-state index contributed by atoms with van der Waals surface area (Å²) in [6.07, 6.45) is 2.46. The van der Waals surface area contributed by atoms with E-state index in [1.54, 1.807) is 17.0 Å². The fraction of sp³-hybridized carbons (Fsp3) is 0.682. The molecule has 1 aromatic carbocycles. The zero-order valence-electron chi connectivity index (χ0n) is 20.2. The topological polar surface area (TPSA) is 85.2 Å². The van der Waals surface area contributed by atoms with Crippen molar-refractivity contribution in [2.24, 2.45) is 0 Å². The Bertz CT molecular complexity index is 808. The van der Waals surface area contributed by atoms with E-state index in [0.29, 0.717) is 18.8 Å². The standard InChI is InChI=1S/C22H37N3O5Si/c1-21(2,3)24(29-20(26)23-14-10-9-11-15-23)19-16-17(12-13-18(19)25(27)28)30-31(7,8)22(4,5)6/h12-13,16H,9-11,14-15H2,1-8H3. The molecular weight excluding hydrogens is 414 g/mol. The number of nitrogens with zero attached hydrogens (tertiary/aromatic N) is 3. The van der Waals surface area contributed by atoms with Gasteiger partial charge in [0.05, 0.1) is 10.5 Å². The summed E-state index contributed by atoms with van der Waals surface area (Å²) < 4.78 is 6.36. The molecule has 1 aliphatic heterocycles. The zero-order valence-corrected chi connectivity index (χ0v) is 21.2. The molecule has 0 bridgehead atoms. The van der Waals surface area contributed by atoms with E-state index >= 15 is 0 Å². The smallest absolute Gasteiger partial charge is 0.434 e. The highest BCUT2D eigenvalue weighted by Gasteiger charge is 2.40. The van der Waals surface area contributed by atoms with Crippen molar-refractivity contribution in [2.45, 2.75) is 84.5 Å². The molecule has 0 aliphatic carbocycles. The lowest BCUT2D eigenvalue weighted by molar-refractivity contribution is -0.384. The minimum absolute atomic E-state index is 0.0284. The van der Waals surface area contributed by atoms with E-state index in [9.17, 15) is 14.9 Å². The summed E-state index contributed by atoms with van der Waals surface area (Å²) in [5.74, 6) is 0.537. The summed E-state index contributed by atoms with van der Waals surface area (Å²) >= 11 is 0. The number of hydroxylamine groups is 1. The fourth-order valence-electron chi connectivity index (χ4n) is 3.09. The monoisotopic (exact) mass is 451 g/mol. The van der Waals surface area contributed by atoms with Gasteiger partial charge in [-0.25, -0.2) is 4.79 Å². The maximum atomic E-state index is 12.8. The van der Waals surface area contributed by atoms with Crippen molar-refractivity contribution in [1.82, 2.24) is 4.90 Å². The van der Waals surface area contributed by atoms with Crippen molar-refractivity contribution in [3.05, 3.63) is 28.3 Å². The maximum Gasteiger partial charge on any atom is 0.434 e. The van der Waals surface area contributed by atoms with E-state index in [1.807, 2.05) is 20.8 Å². The number of hydrogen-bond acceptors (Lipinski definition) is 6. The molecule has 0 atom stereocenters. The molecule has 1 heterocycles. The number of amides is 1. The van der Waals surface area contributed by atoms with Crippen LogP contribution in [0, 0.1) is 10.1 Å². The third kappa shape index (κ3) is 6.12. The molecule has 1 aromatic rings. The number of rotatable bonds is 5. The SMILES string of the molecule is CC(C)(C)N(OC(=O)N1CCCCC1)c1cc(O[Si](C)(C)C(C)(C)C)ccc1[N+](=O)[O-]. The van der Waals surface area contributed by atoms with Crippen molar-refractivity contribution in [3.8, 4) is 5.75 Å². The molecule has 1 saturated heterocycles. The van der Waals surface area contributed by atoms with Crippen LogP contribution < -0.4 is 9.49 Å². The fourth-order valence-corrected chi connectivity index (χ4v) is 4.11. The van der Waals surface area contributed by atoms with Gasteiger partial charge in [0.15, 0.2) is 5.69 Å². The summed E-state index contributed by atoms with van der Waals surface area (Å²) in [7, 11) is -2.16. The first-order valence-corrected chi connectivity index (χ1v) is 13.8.